The van der Waals surface area contributed by atoms with Crippen LogP contribution in [0.3, 0.4) is 0 Å². The van der Waals surface area contributed by atoms with E-state index in [-0.39, 0.29) is 5.69 Å². The molecule has 0 bridgehead atoms. The van der Waals surface area contributed by atoms with E-state index in [2.05, 4.69) is 31.8 Å². The van der Waals surface area contributed by atoms with Gasteiger partial charge >= 0.3 is 5.97 Å². The van der Waals surface area contributed by atoms with Crippen molar-refractivity contribution in [3.63, 3.8) is 0 Å². The Morgan fingerprint density at radius 2 is 2.20 bits per heavy atom. The van der Waals surface area contributed by atoms with Crippen LogP contribution in [0.15, 0.2) is 12.4 Å². The third-order valence-electron chi connectivity index (χ3n) is 3.51. The molecule has 0 atom stereocenters. The van der Waals surface area contributed by atoms with E-state index in [9.17, 15) is 4.79 Å². The van der Waals surface area contributed by atoms with Crippen LogP contribution >= 0.6 is 0 Å². The molecule has 0 unspecified atom stereocenters. The van der Waals surface area contributed by atoms with Crippen molar-refractivity contribution in [2.75, 3.05) is 32.1 Å². The third kappa shape index (κ3) is 3.90. The molecular weight excluding hydrogens is 256 g/mol. The number of methoxy groups -OCH3 is 1. The van der Waals surface area contributed by atoms with Crippen molar-refractivity contribution in [1.29, 1.82) is 0 Å². The molecule has 1 N–H and O–H groups in total. The van der Waals surface area contributed by atoms with E-state index in [4.69, 9.17) is 0 Å². The number of piperidine rings is 1. The van der Waals surface area contributed by atoms with Gasteiger partial charge in [-0.05, 0) is 25.8 Å². The summed E-state index contributed by atoms with van der Waals surface area (Å²) in [5, 5.41) is 3.35. The second-order valence-electron chi connectivity index (χ2n) is 5.04. The predicted molar refractivity (Wildman–Crippen MR) is 76.7 cm³/mol. The molecule has 6 nitrogen and oxygen atoms in total. The molecule has 20 heavy (non-hydrogen) atoms. The normalized spacial score (nSPS) is 16.9. The Labute approximate surface area is 119 Å². The first-order chi connectivity index (χ1) is 9.72. The van der Waals surface area contributed by atoms with E-state index in [0.717, 1.165) is 25.9 Å². The van der Waals surface area contributed by atoms with E-state index in [1.54, 1.807) is 6.20 Å². The lowest BCUT2D eigenvalue weighted by molar-refractivity contribution is 0.0593. The molecular formula is C14H22N4O2. The molecule has 0 aromatic carbocycles. The van der Waals surface area contributed by atoms with Crippen LogP contribution in [0.4, 0.5) is 5.82 Å². The van der Waals surface area contributed by atoms with Crippen LogP contribution in [-0.4, -0.2) is 53.6 Å². The van der Waals surface area contributed by atoms with Gasteiger partial charge < -0.3 is 15.0 Å². The van der Waals surface area contributed by atoms with Gasteiger partial charge in [0.25, 0.3) is 0 Å². The Morgan fingerprint density at radius 3 is 2.85 bits per heavy atom. The van der Waals surface area contributed by atoms with Gasteiger partial charge in [-0.25, -0.2) is 9.78 Å². The number of ether oxygens (including phenoxy) is 1. The summed E-state index contributed by atoms with van der Waals surface area (Å²) in [4.78, 5) is 22.2. The molecule has 1 saturated heterocycles. The fraction of sp³-hybridized carbons (Fsp3) is 0.643. The summed E-state index contributed by atoms with van der Waals surface area (Å²) in [6.45, 7) is 5.59. The Kier molecular flexibility index (Phi) is 5.29. The van der Waals surface area contributed by atoms with Crippen LogP contribution in [0.1, 0.15) is 36.7 Å². The zero-order valence-corrected chi connectivity index (χ0v) is 12.1. The molecule has 6 heteroatoms. The third-order valence-corrected chi connectivity index (χ3v) is 3.51. The average Bonchev–Trinajstić information content (AvgIpc) is 2.49. The second kappa shape index (κ2) is 7.19. The van der Waals surface area contributed by atoms with Gasteiger partial charge in [-0.2, -0.15) is 0 Å². The Morgan fingerprint density at radius 1 is 1.45 bits per heavy atom. The summed E-state index contributed by atoms with van der Waals surface area (Å²) in [5.41, 5.74) is 0.237. The maximum absolute atomic E-state index is 11.4. The molecule has 110 valence electrons. The molecule has 0 amide bonds. The van der Waals surface area contributed by atoms with Crippen LogP contribution in [0.25, 0.3) is 0 Å². The highest BCUT2D eigenvalue weighted by atomic mass is 16.5. The molecule has 1 aliphatic rings. The predicted octanol–water partition coefficient (Wildman–Crippen LogP) is 1.55. The van der Waals surface area contributed by atoms with Crippen LogP contribution in [0, 0.1) is 0 Å². The molecule has 2 heterocycles. The van der Waals surface area contributed by atoms with E-state index < -0.39 is 5.97 Å². The number of hydrogen-bond acceptors (Lipinski definition) is 6. The van der Waals surface area contributed by atoms with Crippen LogP contribution < -0.4 is 5.32 Å². The zero-order chi connectivity index (χ0) is 14.4. The molecule has 1 fully saturated rings. The number of rotatable bonds is 5. The lowest BCUT2D eigenvalue weighted by atomic mass is 10.1. The molecule has 0 saturated carbocycles. The van der Waals surface area contributed by atoms with Gasteiger partial charge in [0, 0.05) is 19.1 Å². The van der Waals surface area contributed by atoms with Crippen LogP contribution in [-0.2, 0) is 4.74 Å². The maximum Gasteiger partial charge on any atom is 0.358 e. The number of nitrogens with zero attached hydrogens (tertiary/aromatic N) is 3. The summed E-state index contributed by atoms with van der Waals surface area (Å²) in [5.74, 6) is 0.181. The molecule has 0 spiro atoms. The van der Waals surface area contributed by atoms with Gasteiger partial charge in [-0.1, -0.05) is 6.92 Å². The summed E-state index contributed by atoms with van der Waals surface area (Å²) in [7, 11) is 1.34. The molecule has 1 aromatic rings. The zero-order valence-electron chi connectivity index (χ0n) is 12.1. The van der Waals surface area contributed by atoms with Gasteiger partial charge in [-0.15, -0.1) is 0 Å². The van der Waals surface area contributed by atoms with E-state index in [1.807, 2.05) is 0 Å². The summed E-state index contributed by atoms with van der Waals surface area (Å²) >= 11 is 0. The quantitative estimate of drug-likeness (QED) is 0.824. The number of esters is 1. The smallest absolute Gasteiger partial charge is 0.358 e. The van der Waals surface area contributed by atoms with Crippen molar-refractivity contribution < 1.29 is 9.53 Å². The first kappa shape index (κ1) is 14.7. The number of likely N-dealkylation sites (tertiary alicyclic amines) is 1. The van der Waals surface area contributed by atoms with E-state index in [0.29, 0.717) is 11.9 Å². The minimum Gasteiger partial charge on any atom is -0.464 e. The minimum absolute atomic E-state index is 0.237. The van der Waals surface area contributed by atoms with Crippen LogP contribution in [0.5, 0.6) is 0 Å². The van der Waals surface area contributed by atoms with Crippen molar-refractivity contribution in [1.82, 2.24) is 14.9 Å². The van der Waals surface area contributed by atoms with Crippen molar-refractivity contribution >= 4 is 11.8 Å². The highest BCUT2D eigenvalue weighted by molar-refractivity contribution is 5.87. The number of carbonyl (C=O) groups excluding carboxylic acids is 1. The maximum atomic E-state index is 11.4. The molecule has 2 rings (SSSR count). The fourth-order valence-corrected chi connectivity index (χ4v) is 2.46. The monoisotopic (exact) mass is 278 g/mol. The minimum atomic E-state index is -0.459. The van der Waals surface area contributed by atoms with Crippen molar-refractivity contribution in [3.05, 3.63) is 18.1 Å². The van der Waals surface area contributed by atoms with Crippen molar-refractivity contribution in [2.45, 2.75) is 32.2 Å². The number of nitrogens with one attached hydrogen (secondary N) is 1. The standard InChI is InChI=1S/C14H22N4O2/c1-3-6-18-7-4-11(5-8-18)16-13-10-15-9-12(17-13)14(19)20-2/h9-11H,3-8H2,1-2H3,(H,16,17). The molecule has 1 aliphatic heterocycles. The van der Waals surface area contributed by atoms with Crippen molar-refractivity contribution in [3.8, 4) is 0 Å². The number of carbonyl (C=O) groups is 1. The summed E-state index contributed by atoms with van der Waals surface area (Å²) in [6, 6.07) is 0.394. The molecule has 0 radical (unpaired) electrons. The largest absolute Gasteiger partial charge is 0.464 e. The Bertz CT molecular complexity index is 445. The number of anilines is 1. The lowest BCUT2D eigenvalue weighted by Crippen LogP contribution is -2.39. The molecule has 0 aliphatic carbocycles. The second-order valence-corrected chi connectivity index (χ2v) is 5.04. The average molecular weight is 278 g/mol. The first-order valence-corrected chi connectivity index (χ1v) is 7.12. The van der Waals surface area contributed by atoms with E-state index in [1.165, 1.54) is 26.3 Å². The van der Waals surface area contributed by atoms with Gasteiger partial charge in [0.15, 0.2) is 5.69 Å². The van der Waals surface area contributed by atoms with Crippen LogP contribution in [0.2, 0.25) is 0 Å². The first-order valence-electron chi connectivity index (χ1n) is 7.12. The number of hydrogen-bond donors (Lipinski definition) is 1. The summed E-state index contributed by atoms with van der Waals surface area (Å²) < 4.78 is 4.65. The Hall–Kier alpha value is -1.69. The lowest BCUT2D eigenvalue weighted by Gasteiger charge is -2.32. The van der Waals surface area contributed by atoms with Gasteiger partial charge in [-0.3, -0.25) is 4.98 Å². The highest BCUT2D eigenvalue weighted by Crippen LogP contribution is 2.15. The topological polar surface area (TPSA) is 67.4 Å². The highest BCUT2D eigenvalue weighted by Gasteiger charge is 2.19. The summed E-state index contributed by atoms with van der Waals surface area (Å²) in [6.07, 6.45) is 6.44. The van der Waals surface area contributed by atoms with E-state index >= 15 is 0 Å². The van der Waals surface area contributed by atoms with Crippen molar-refractivity contribution in [2.24, 2.45) is 0 Å². The van der Waals surface area contributed by atoms with Gasteiger partial charge in [0.2, 0.25) is 0 Å². The number of aromatic nitrogens is 2. The SMILES string of the molecule is CCCN1CCC(Nc2cncc(C(=O)OC)n2)CC1. The van der Waals surface area contributed by atoms with Gasteiger partial charge in [0.05, 0.1) is 19.5 Å². The molecule has 1 aromatic heterocycles. The fourth-order valence-electron chi connectivity index (χ4n) is 2.46. The Balaban J connectivity index is 1.89. The van der Waals surface area contributed by atoms with Gasteiger partial charge in [0.1, 0.15) is 5.82 Å².